The van der Waals surface area contributed by atoms with Gasteiger partial charge in [-0.2, -0.15) is 0 Å². The van der Waals surface area contributed by atoms with E-state index in [4.69, 9.17) is 26.1 Å². The van der Waals surface area contributed by atoms with Gasteiger partial charge in [0.2, 0.25) is 0 Å². The minimum absolute atomic E-state index is 0.258. The third kappa shape index (κ3) is 7.31. The molecule has 0 atom stereocenters. The summed E-state index contributed by atoms with van der Waals surface area (Å²) in [4.78, 5) is 17.1. The lowest BCUT2D eigenvalue weighted by molar-refractivity contribution is 0.0525. The first-order chi connectivity index (χ1) is 17.0. The number of hydrazine groups is 1. The number of anilines is 1. The second kappa shape index (κ2) is 13.3. The van der Waals surface area contributed by atoms with Crippen molar-refractivity contribution in [2.45, 2.75) is 33.4 Å². The lowest BCUT2D eigenvalue weighted by atomic mass is 10.1. The Labute approximate surface area is 220 Å². The number of rotatable bonds is 12. The molecule has 0 aliphatic heterocycles. The Morgan fingerprint density at radius 1 is 1.20 bits per heavy atom. The number of nitrogens with zero attached hydrogens (tertiary/aromatic N) is 2. The number of hydrogen-bond acceptors (Lipinski definition) is 6. The van der Waals surface area contributed by atoms with Crippen LogP contribution >= 0.6 is 27.5 Å². The Morgan fingerprint density at radius 2 is 1.97 bits per heavy atom. The fourth-order valence-electron chi connectivity index (χ4n) is 3.49. The van der Waals surface area contributed by atoms with E-state index in [0.717, 1.165) is 21.3 Å². The average Bonchev–Trinajstić information content (AvgIpc) is 2.84. The maximum Gasteiger partial charge on any atom is 0.341 e. The van der Waals surface area contributed by atoms with Gasteiger partial charge in [-0.1, -0.05) is 63.9 Å². The number of hydrogen-bond donors (Lipinski definition) is 1. The molecule has 1 aromatic heterocycles. The fraction of sp³-hybridized carbons (Fsp3) is 0.259. The van der Waals surface area contributed by atoms with Gasteiger partial charge in [0.15, 0.2) is 0 Å². The monoisotopic (exact) mass is 557 g/mol. The highest BCUT2D eigenvalue weighted by Crippen LogP contribution is 2.27. The van der Waals surface area contributed by atoms with Crippen molar-refractivity contribution in [2.75, 3.05) is 18.2 Å². The Kier molecular flexibility index (Phi) is 10.1. The van der Waals surface area contributed by atoms with Crippen LogP contribution in [0.2, 0.25) is 5.02 Å². The first-order valence-electron chi connectivity index (χ1n) is 11.4. The molecule has 1 N–H and O–H groups in total. The van der Waals surface area contributed by atoms with Gasteiger partial charge in [0, 0.05) is 35.6 Å². The quantitative estimate of drug-likeness (QED) is 0.155. The summed E-state index contributed by atoms with van der Waals surface area (Å²) in [6.07, 6.45) is 2.08. The molecule has 0 aliphatic rings. The maximum absolute atomic E-state index is 12.4. The van der Waals surface area contributed by atoms with E-state index in [9.17, 15) is 4.79 Å². The van der Waals surface area contributed by atoms with E-state index in [-0.39, 0.29) is 12.2 Å². The summed E-state index contributed by atoms with van der Waals surface area (Å²) in [7, 11) is 0. The van der Waals surface area contributed by atoms with Crippen molar-refractivity contribution in [1.29, 1.82) is 0 Å². The molecule has 0 aliphatic carbocycles. The molecule has 0 spiro atoms. The minimum Gasteiger partial charge on any atom is -0.489 e. The van der Waals surface area contributed by atoms with E-state index in [0.29, 0.717) is 42.7 Å². The summed E-state index contributed by atoms with van der Waals surface area (Å²) >= 11 is 10.1. The molecule has 6 nitrogen and oxygen atoms in total. The number of esters is 1. The zero-order valence-electron chi connectivity index (χ0n) is 19.9. The number of nitrogens with one attached hydrogen (secondary N) is 1. The highest BCUT2D eigenvalue weighted by atomic mass is 79.9. The summed E-state index contributed by atoms with van der Waals surface area (Å²) < 4.78 is 12.2. The molecule has 0 amide bonds. The van der Waals surface area contributed by atoms with E-state index < -0.39 is 5.97 Å². The van der Waals surface area contributed by atoms with Gasteiger partial charge in [-0.05, 0) is 37.6 Å². The molecule has 0 saturated carbocycles. The third-order valence-electron chi connectivity index (χ3n) is 5.16. The lowest BCUT2D eigenvalue weighted by Crippen LogP contribution is -2.38. The Bertz CT molecular complexity index is 1160. The summed E-state index contributed by atoms with van der Waals surface area (Å²) in [5.41, 5.74) is 6.28. The molecule has 1 heterocycles. The van der Waals surface area contributed by atoms with Crippen molar-refractivity contribution in [3.8, 4) is 5.75 Å². The average molecular weight is 559 g/mol. The Hall–Kier alpha value is -2.87. The molecule has 35 heavy (non-hydrogen) atoms. The first kappa shape index (κ1) is 26.7. The third-order valence-corrected chi connectivity index (χ3v) is 5.95. The van der Waals surface area contributed by atoms with E-state index in [1.54, 1.807) is 19.1 Å². The molecule has 0 radical (unpaired) electrons. The topological polar surface area (TPSA) is 63.7 Å². The standard InChI is InChI=1S/C27H29BrClN3O3/c1-4-10-23-26(27(33)34-6-3)22(29)16-25(31-23)32(5-2)30-17-20-15-21(28)13-14-24(20)35-18-19-11-8-7-9-12-19/h4,7-9,11-16,30H,1,5-6,10,17-18H2,2-3H3. The number of ether oxygens (including phenoxy) is 2. The molecule has 0 fully saturated rings. The highest BCUT2D eigenvalue weighted by molar-refractivity contribution is 9.10. The van der Waals surface area contributed by atoms with Crippen LogP contribution in [-0.2, 0) is 24.3 Å². The molecule has 0 unspecified atom stereocenters. The van der Waals surface area contributed by atoms with Gasteiger partial charge in [0.1, 0.15) is 23.7 Å². The summed E-state index contributed by atoms with van der Waals surface area (Å²) in [6.45, 7) is 9.38. The van der Waals surface area contributed by atoms with Gasteiger partial charge >= 0.3 is 5.97 Å². The normalized spacial score (nSPS) is 10.6. The predicted octanol–water partition coefficient (Wildman–Crippen LogP) is 6.51. The number of pyridine rings is 1. The van der Waals surface area contributed by atoms with Crippen molar-refractivity contribution in [1.82, 2.24) is 10.4 Å². The number of aromatic nitrogens is 1. The van der Waals surface area contributed by atoms with Crippen LogP contribution in [0.5, 0.6) is 5.75 Å². The van der Waals surface area contributed by atoms with E-state index in [1.807, 2.05) is 60.5 Å². The van der Waals surface area contributed by atoms with Gasteiger partial charge in [0.25, 0.3) is 0 Å². The summed E-state index contributed by atoms with van der Waals surface area (Å²) in [5.74, 6) is 0.902. The van der Waals surface area contributed by atoms with Crippen LogP contribution < -0.4 is 15.2 Å². The molecule has 8 heteroatoms. The fourth-order valence-corrected chi connectivity index (χ4v) is 4.18. The van der Waals surface area contributed by atoms with E-state index >= 15 is 0 Å². The molecule has 0 saturated heterocycles. The predicted molar refractivity (Wildman–Crippen MR) is 144 cm³/mol. The van der Waals surface area contributed by atoms with Crippen LogP contribution in [0.15, 0.2) is 71.7 Å². The van der Waals surface area contributed by atoms with Crippen LogP contribution in [0.4, 0.5) is 5.82 Å². The molecule has 3 aromatic rings. The lowest BCUT2D eigenvalue weighted by Gasteiger charge is -2.25. The molecule has 0 bridgehead atoms. The maximum atomic E-state index is 12.4. The van der Waals surface area contributed by atoms with Crippen LogP contribution in [0.3, 0.4) is 0 Å². The summed E-state index contributed by atoms with van der Waals surface area (Å²) in [6, 6.07) is 17.6. The van der Waals surface area contributed by atoms with Gasteiger partial charge in [-0.15, -0.1) is 6.58 Å². The summed E-state index contributed by atoms with van der Waals surface area (Å²) in [5, 5.41) is 2.18. The highest BCUT2D eigenvalue weighted by Gasteiger charge is 2.21. The molecule has 184 valence electrons. The van der Waals surface area contributed by atoms with Crippen LogP contribution in [0, 0.1) is 0 Å². The van der Waals surface area contributed by atoms with E-state index in [1.165, 1.54) is 0 Å². The number of benzene rings is 2. The zero-order chi connectivity index (χ0) is 25.2. The molecular formula is C27H29BrClN3O3. The number of carbonyl (C=O) groups is 1. The van der Waals surface area contributed by atoms with E-state index in [2.05, 4.69) is 27.9 Å². The van der Waals surface area contributed by atoms with Gasteiger partial charge in [-0.3, -0.25) is 5.01 Å². The van der Waals surface area contributed by atoms with Crippen LogP contribution in [0.25, 0.3) is 0 Å². The van der Waals surface area contributed by atoms with Crippen molar-refractivity contribution in [3.63, 3.8) is 0 Å². The number of carbonyl (C=O) groups excluding carboxylic acids is 1. The second-order valence-corrected chi connectivity index (χ2v) is 8.93. The molecular weight excluding hydrogens is 530 g/mol. The largest absolute Gasteiger partial charge is 0.489 e. The van der Waals surface area contributed by atoms with Crippen LogP contribution in [0.1, 0.15) is 41.0 Å². The van der Waals surface area contributed by atoms with Gasteiger partial charge in [0.05, 0.1) is 17.3 Å². The SMILES string of the molecule is C=CCc1nc(N(CC)NCc2cc(Br)ccc2OCc2ccccc2)cc(Cl)c1C(=O)OCC. The van der Waals surface area contributed by atoms with Gasteiger partial charge < -0.3 is 9.47 Å². The zero-order valence-corrected chi connectivity index (χ0v) is 22.2. The number of halogens is 2. The van der Waals surface area contributed by atoms with Crippen molar-refractivity contribution >= 4 is 39.3 Å². The van der Waals surface area contributed by atoms with Gasteiger partial charge in [-0.25, -0.2) is 15.2 Å². The van der Waals surface area contributed by atoms with Crippen molar-refractivity contribution in [2.24, 2.45) is 0 Å². The smallest absolute Gasteiger partial charge is 0.341 e. The van der Waals surface area contributed by atoms with Crippen molar-refractivity contribution < 1.29 is 14.3 Å². The minimum atomic E-state index is -0.487. The number of allylic oxidation sites excluding steroid dienone is 1. The Balaban J connectivity index is 1.80. The molecule has 2 aromatic carbocycles. The second-order valence-electron chi connectivity index (χ2n) is 7.60. The first-order valence-corrected chi connectivity index (χ1v) is 12.6. The Morgan fingerprint density at radius 3 is 2.66 bits per heavy atom. The van der Waals surface area contributed by atoms with Crippen LogP contribution in [-0.4, -0.2) is 24.1 Å². The molecule has 3 rings (SSSR count). The van der Waals surface area contributed by atoms with Crippen molar-refractivity contribution in [3.05, 3.63) is 99.1 Å².